The van der Waals surface area contributed by atoms with E-state index in [1.165, 1.54) is 16.2 Å². The van der Waals surface area contributed by atoms with Crippen molar-refractivity contribution in [2.45, 2.75) is 45.4 Å². The smallest absolute Gasteiger partial charge is 0.234 e. The van der Waals surface area contributed by atoms with E-state index in [-0.39, 0.29) is 31.6 Å². The number of rotatable bonds is 10. The van der Waals surface area contributed by atoms with Crippen LogP contribution < -0.4 is 0 Å². The highest BCUT2D eigenvalue weighted by molar-refractivity contribution is 7.09. The van der Waals surface area contributed by atoms with Crippen LogP contribution in [0.5, 0.6) is 0 Å². The second-order valence-corrected chi connectivity index (χ2v) is 11.3. The predicted molar refractivity (Wildman–Crippen MR) is 149 cm³/mol. The third-order valence-electron chi connectivity index (χ3n) is 7.86. The average Bonchev–Trinajstić information content (AvgIpc) is 3.69. The maximum Gasteiger partial charge on any atom is 0.234 e. The first-order valence-electron chi connectivity index (χ1n) is 13.2. The van der Waals surface area contributed by atoms with Gasteiger partial charge in [0.1, 0.15) is 18.1 Å². The third-order valence-corrected chi connectivity index (χ3v) is 8.72. The van der Waals surface area contributed by atoms with Crippen molar-refractivity contribution in [3.63, 3.8) is 0 Å². The van der Waals surface area contributed by atoms with E-state index in [4.69, 9.17) is 4.42 Å². The minimum Gasteiger partial charge on any atom is -0.459 e. The van der Waals surface area contributed by atoms with Crippen LogP contribution in [0.3, 0.4) is 0 Å². The minimum atomic E-state index is -0.880. The maximum atomic E-state index is 13.5. The lowest BCUT2D eigenvalue weighted by Crippen LogP contribution is -2.38. The van der Waals surface area contributed by atoms with Crippen LogP contribution in [0.1, 0.15) is 48.1 Å². The quantitative estimate of drug-likeness (QED) is 0.252. The molecule has 4 atom stereocenters. The molecule has 1 aliphatic heterocycles. The molecular weight excluding hydrogens is 514 g/mol. The van der Waals surface area contributed by atoms with Gasteiger partial charge in [-0.3, -0.25) is 14.5 Å². The summed E-state index contributed by atoms with van der Waals surface area (Å²) >= 11 is 1.50. The Morgan fingerprint density at radius 3 is 2.56 bits per heavy atom. The molecule has 3 aromatic rings. The largest absolute Gasteiger partial charge is 0.459 e. The molecule has 2 amide bonds. The Morgan fingerprint density at radius 2 is 1.90 bits per heavy atom. The summed E-state index contributed by atoms with van der Waals surface area (Å²) in [5, 5.41) is 33.1. The van der Waals surface area contributed by atoms with E-state index in [1.54, 1.807) is 12.1 Å². The van der Waals surface area contributed by atoms with Gasteiger partial charge in [-0.15, -0.1) is 11.3 Å². The number of nitrogens with zero attached hydrogens (tertiary/aromatic N) is 1. The second-order valence-electron chi connectivity index (χ2n) is 10.3. The highest BCUT2D eigenvalue weighted by Gasteiger charge is 2.54. The molecule has 1 fully saturated rings. The SMILES string of the molecule is CC1=C([C@H](O)CC/C(=C/c2ccc(CO)o2)c2ccccc2)[C@H](CO)[C@@H]2C(=O)N(Cc3cccs3)C(=O)[C@@H]2C1. The molecular formula is C31H33NO6S. The van der Waals surface area contributed by atoms with Crippen molar-refractivity contribution in [2.75, 3.05) is 6.61 Å². The molecule has 5 rings (SSSR count). The zero-order valence-electron chi connectivity index (χ0n) is 21.8. The topological polar surface area (TPSA) is 111 Å². The zero-order chi connectivity index (χ0) is 27.5. The van der Waals surface area contributed by atoms with Crippen molar-refractivity contribution in [3.05, 3.63) is 93.1 Å². The Hall–Kier alpha value is -3.30. The van der Waals surface area contributed by atoms with Gasteiger partial charge in [0.2, 0.25) is 11.8 Å². The van der Waals surface area contributed by atoms with E-state index < -0.39 is 23.9 Å². The lowest BCUT2D eigenvalue weighted by molar-refractivity contribution is -0.140. The Labute approximate surface area is 231 Å². The molecule has 0 unspecified atom stereocenters. The molecule has 3 N–H and O–H groups in total. The summed E-state index contributed by atoms with van der Waals surface area (Å²) in [4.78, 5) is 29.0. The van der Waals surface area contributed by atoms with Gasteiger partial charge in [-0.1, -0.05) is 42.0 Å². The number of furan rings is 1. The number of likely N-dealkylation sites (tertiary alicyclic amines) is 1. The van der Waals surface area contributed by atoms with Crippen molar-refractivity contribution in [3.8, 4) is 0 Å². The van der Waals surface area contributed by atoms with Gasteiger partial charge in [0.05, 0.1) is 31.1 Å². The molecule has 2 aliphatic rings. The number of aliphatic hydroxyl groups is 3. The monoisotopic (exact) mass is 547 g/mol. The van der Waals surface area contributed by atoms with E-state index in [0.29, 0.717) is 36.4 Å². The first-order valence-corrected chi connectivity index (χ1v) is 14.1. The molecule has 2 aromatic heterocycles. The van der Waals surface area contributed by atoms with Crippen molar-refractivity contribution < 1.29 is 29.3 Å². The van der Waals surface area contributed by atoms with Crippen molar-refractivity contribution in [2.24, 2.45) is 17.8 Å². The first-order chi connectivity index (χ1) is 18.9. The third kappa shape index (κ3) is 5.56. The molecule has 0 spiro atoms. The Morgan fingerprint density at radius 1 is 1.10 bits per heavy atom. The summed E-state index contributed by atoms with van der Waals surface area (Å²) in [5.74, 6) is -1.16. The molecule has 39 heavy (non-hydrogen) atoms. The second kappa shape index (κ2) is 11.8. The van der Waals surface area contributed by atoms with Gasteiger partial charge in [0, 0.05) is 10.8 Å². The summed E-state index contributed by atoms with van der Waals surface area (Å²) in [6.45, 7) is 1.64. The highest BCUT2D eigenvalue weighted by Crippen LogP contribution is 2.46. The van der Waals surface area contributed by atoms with Gasteiger partial charge < -0.3 is 19.7 Å². The van der Waals surface area contributed by atoms with Gasteiger partial charge >= 0.3 is 0 Å². The molecule has 7 nitrogen and oxygen atoms in total. The minimum absolute atomic E-state index is 0.183. The number of fused-ring (bicyclic) bond motifs is 1. The van der Waals surface area contributed by atoms with Crippen molar-refractivity contribution in [1.29, 1.82) is 0 Å². The number of carbonyl (C=O) groups is 2. The van der Waals surface area contributed by atoms with Crippen LogP contribution in [-0.4, -0.2) is 44.7 Å². The van der Waals surface area contributed by atoms with Crippen LogP contribution in [0, 0.1) is 17.8 Å². The summed E-state index contributed by atoms with van der Waals surface area (Å²) in [6.07, 6.45) is 2.31. The number of thiophene rings is 1. The normalized spacial score (nSPS) is 22.5. The van der Waals surface area contributed by atoms with E-state index in [2.05, 4.69) is 0 Å². The standard InChI is InChI=1S/C31H33NO6S/c1-19-14-25-29(31(37)32(30(25)36)16-24-8-5-13-39-24)26(18-34)28(19)27(35)12-9-21(20-6-3-2-4-7-20)15-22-10-11-23(17-33)38-22/h2-8,10-11,13,15,25-27,29,33-35H,9,12,14,16-18H2,1H3/b21-15-/t25-,26+,27-,29-/m1/s1. The summed E-state index contributed by atoms with van der Waals surface area (Å²) in [6, 6.07) is 17.1. The molecule has 1 aliphatic carbocycles. The Kier molecular flexibility index (Phi) is 8.28. The van der Waals surface area contributed by atoms with Crippen LogP contribution in [0.4, 0.5) is 0 Å². The molecule has 0 radical (unpaired) electrons. The fraction of sp³-hybridized carbons (Fsp3) is 0.355. The summed E-state index contributed by atoms with van der Waals surface area (Å²) in [5.41, 5.74) is 3.48. The fourth-order valence-corrected chi connectivity index (χ4v) is 6.72. The Balaban J connectivity index is 1.36. The van der Waals surface area contributed by atoms with Crippen LogP contribution in [-0.2, 0) is 22.7 Å². The number of carbonyl (C=O) groups excluding carboxylic acids is 2. The van der Waals surface area contributed by atoms with E-state index in [1.807, 2.05) is 60.8 Å². The van der Waals surface area contributed by atoms with Crippen molar-refractivity contribution >= 4 is 34.8 Å². The number of imide groups is 1. The number of aliphatic hydroxyl groups excluding tert-OH is 3. The molecule has 8 heteroatoms. The van der Waals surface area contributed by atoms with Gasteiger partial charge in [-0.05, 0) is 72.6 Å². The number of amides is 2. The summed E-state index contributed by atoms with van der Waals surface area (Å²) < 4.78 is 5.67. The lowest BCUT2D eigenvalue weighted by Gasteiger charge is -2.35. The number of hydrogen-bond donors (Lipinski definition) is 3. The van der Waals surface area contributed by atoms with Crippen LogP contribution >= 0.6 is 11.3 Å². The number of allylic oxidation sites excluding steroid dienone is 2. The molecule has 1 saturated heterocycles. The van der Waals surface area contributed by atoms with Crippen LogP contribution in [0.25, 0.3) is 11.6 Å². The van der Waals surface area contributed by atoms with Gasteiger partial charge in [0.15, 0.2) is 0 Å². The van der Waals surface area contributed by atoms with Gasteiger partial charge in [0.25, 0.3) is 0 Å². The van der Waals surface area contributed by atoms with E-state index >= 15 is 0 Å². The fourth-order valence-electron chi connectivity index (χ4n) is 6.03. The maximum absolute atomic E-state index is 13.5. The van der Waals surface area contributed by atoms with Crippen molar-refractivity contribution in [1.82, 2.24) is 4.90 Å². The predicted octanol–water partition coefficient (Wildman–Crippen LogP) is 4.65. The number of benzene rings is 1. The zero-order valence-corrected chi connectivity index (χ0v) is 22.6. The molecule has 1 aromatic carbocycles. The number of hydrogen-bond acceptors (Lipinski definition) is 7. The van der Waals surface area contributed by atoms with Gasteiger partial charge in [-0.25, -0.2) is 0 Å². The van der Waals surface area contributed by atoms with Gasteiger partial charge in [-0.2, -0.15) is 0 Å². The van der Waals surface area contributed by atoms with Crippen LogP contribution in [0.2, 0.25) is 0 Å². The molecule has 0 saturated carbocycles. The Bertz CT molecular complexity index is 1370. The lowest BCUT2D eigenvalue weighted by atomic mass is 9.68. The average molecular weight is 548 g/mol. The molecule has 0 bridgehead atoms. The highest BCUT2D eigenvalue weighted by atomic mass is 32.1. The molecule has 204 valence electrons. The van der Waals surface area contributed by atoms with E-state index in [0.717, 1.165) is 21.6 Å². The van der Waals surface area contributed by atoms with E-state index in [9.17, 15) is 24.9 Å². The van der Waals surface area contributed by atoms with Crippen LogP contribution in [0.15, 0.2) is 75.5 Å². The first kappa shape index (κ1) is 27.3. The summed E-state index contributed by atoms with van der Waals surface area (Å²) in [7, 11) is 0. The molecule has 3 heterocycles.